The third-order valence-electron chi connectivity index (χ3n) is 3.86. The molecule has 1 saturated heterocycles. The number of hydrogen-bond donors (Lipinski definition) is 1. The lowest BCUT2D eigenvalue weighted by Gasteiger charge is -2.38. The van der Waals surface area contributed by atoms with Crippen LogP contribution in [0.3, 0.4) is 0 Å². The van der Waals surface area contributed by atoms with Gasteiger partial charge in [0, 0.05) is 6.54 Å². The number of carbonyl (C=O) groups excluding carboxylic acids is 1. The van der Waals surface area contributed by atoms with Gasteiger partial charge in [-0.2, -0.15) is 0 Å². The summed E-state index contributed by atoms with van der Waals surface area (Å²) in [6.07, 6.45) is 0.366. The number of rotatable bonds is 4. The first-order chi connectivity index (χ1) is 10.4. The molecule has 23 heavy (non-hydrogen) atoms. The average Bonchev–Trinajstić information content (AvgIpc) is 2.45. The predicted molar refractivity (Wildman–Crippen MR) is 90.9 cm³/mol. The highest BCUT2D eigenvalue weighted by atomic mass is 35.5. The van der Waals surface area contributed by atoms with Crippen LogP contribution >= 0.6 is 12.4 Å². The van der Waals surface area contributed by atoms with E-state index in [1.54, 1.807) is 17.0 Å². The average molecular weight is 345 g/mol. The Bertz CT molecular complexity index is 510. The number of nitrogens with two attached hydrogens (primary N) is 1. The number of morpholine rings is 1. The van der Waals surface area contributed by atoms with Crippen LogP contribution in [-0.4, -0.2) is 36.0 Å². The Morgan fingerprint density at radius 3 is 2.52 bits per heavy atom. The van der Waals surface area contributed by atoms with Crippen LogP contribution in [0, 0.1) is 11.7 Å². The monoisotopic (exact) mass is 344 g/mol. The van der Waals surface area contributed by atoms with Crippen molar-refractivity contribution >= 4 is 18.3 Å². The zero-order valence-electron chi connectivity index (χ0n) is 13.9. The summed E-state index contributed by atoms with van der Waals surface area (Å²) in [7, 11) is 0. The Hall–Kier alpha value is -1.17. The van der Waals surface area contributed by atoms with Crippen LogP contribution in [-0.2, 0) is 9.53 Å². The van der Waals surface area contributed by atoms with E-state index in [1.165, 1.54) is 12.1 Å². The molecular formula is C17H26ClFN2O2. The fourth-order valence-electron chi connectivity index (χ4n) is 2.84. The van der Waals surface area contributed by atoms with E-state index in [0.717, 1.165) is 5.56 Å². The summed E-state index contributed by atoms with van der Waals surface area (Å²) in [6.45, 7) is 7.04. The number of ether oxygens (including phenoxy) is 1. The van der Waals surface area contributed by atoms with Gasteiger partial charge in [-0.3, -0.25) is 4.79 Å². The second-order valence-electron chi connectivity index (χ2n) is 6.47. The first-order valence-corrected chi connectivity index (χ1v) is 7.82. The van der Waals surface area contributed by atoms with Crippen molar-refractivity contribution in [3.8, 4) is 0 Å². The highest BCUT2D eigenvalue weighted by Crippen LogP contribution is 2.26. The van der Waals surface area contributed by atoms with E-state index in [2.05, 4.69) is 13.8 Å². The van der Waals surface area contributed by atoms with Gasteiger partial charge in [-0.25, -0.2) is 4.39 Å². The quantitative estimate of drug-likeness (QED) is 0.913. The molecule has 1 heterocycles. The molecule has 1 aromatic carbocycles. The molecule has 6 heteroatoms. The maximum atomic E-state index is 13.0. The second-order valence-corrected chi connectivity index (χ2v) is 6.47. The highest BCUT2D eigenvalue weighted by Gasteiger charge is 2.31. The largest absolute Gasteiger partial charge is 0.367 e. The SMILES string of the molecule is CC(C)C[C@H](N)C(=O)N1CC(C)OC(c2ccc(F)cc2)C1.Cl. The van der Waals surface area contributed by atoms with Crippen molar-refractivity contribution in [2.24, 2.45) is 11.7 Å². The fraction of sp³-hybridized carbons (Fsp3) is 0.588. The van der Waals surface area contributed by atoms with Gasteiger partial charge >= 0.3 is 0 Å². The molecule has 0 aliphatic carbocycles. The van der Waals surface area contributed by atoms with E-state index in [9.17, 15) is 9.18 Å². The van der Waals surface area contributed by atoms with Crippen molar-refractivity contribution < 1.29 is 13.9 Å². The molecule has 0 aromatic heterocycles. The van der Waals surface area contributed by atoms with E-state index in [0.29, 0.717) is 25.4 Å². The molecule has 1 fully saturated rings. The molecule has 0 saturated carbocycles. The van der Waals surface area contributed by atoms with Crippen molar-refractivity contribution in [3.05, 3.63) is 35.6 Å². The number of nitrogens with zero attached hydrogens (tertiary/aromatic N) is 1. The van der Waals surface area contributed by atoms with E-state index < -0.39 is 6.04 Å². The second kappa shape index (κ2) is 8.62. The zero-order valence-corrected chi connectivity index (χ0v) is 14.7. The molecular weight excluding hydrogens is 319 g/mol. The summed E-state index contributed by atoms with van der Waals surface area (Å²) in [5, 5.41) is 0. The Morgan fingerprint density at radius 1 is 1.35 bits per heavy atom. The highest BCUT2D eigenvalue weighted by molar-refractivity contribution is 5.85. The van der Waals surface area contributed by atoms with Crippen LogP contribution in [0.5, 0.6) is 0 Å². The minimum Gasteiger partial charge on any atom is -0.367 e. The van der Waals surface area contributed by atoms with Gasteiger partial charge in [0.25, 0.3) is 0 Å². The fourth-order valence-corrected chi connectivity index (χ4v) is 2.84. The van der Waals surface area contributed by atoms with Gasteiger partial charge in [0.15, 0.2) is 0 Å². The molecule has 1 aliphatic heterocycles. The van der Waals surface area contributed by atoms with E-state index in [4.69, 9.17) is 10.5 Å². The summed E-state index contributed by atoms with van der Waals surface area (Å²) >= 11 is 0. The number of hydrogen-bond acceptors (Lipinski definition) is 3. The Balaban J connectivity index is 0.00000264. The predicted octanol–water partition coefficient (Wildman–Crippen LogP) is 2.91. The minimum atomic E-state index is -0.473. The lowest BCUT2D eigenvalue weighted by Crippen LogP contribution is -2.51. The molecule has 4 nitrogen and oxygen atoms in total. The van der Waals surface area contributed by atoms with Crippen molar-refractivity contribution in [1.82, 2.24) is 4.90 Å². The third-order valence-corrected chi connectivity index (χ3v) is 3.86. The Morgan fingerprint density at radius 2 is 1.96 bits per heavy atom. The Labute approximate surface area is 143 Å². The van der Waals surface area contributed by atoms with Gasteiger partial charge in [-0.15, -0.1) is 12.4 Å². The normalized spacial score (nSPS) is 22.6. The Kier molecular flexibility index (Phi) is 7.45. The van der Waals surface area contributed by atoms with Gasteiger partial charge < -0.3 is 15.4 Å². The van der Waals surface area contributed by atoms with Gasteiger partial charge in [0.05, 0.1) is 18.7 Å². The van der Waals surface area contributed by atoms with Gasteiger partial charge in [-0.05, 0) is 37.0 Å². The molecule has 0 spiro atoms. The molecule has 130 valence electrons. The van der Waals surface area contributed by atoms with E-state index >= 15 is 0 Å². The maximum Gasteiger partial charge on any atom is 0.239 e. The van der Waals surface area contributed by atoms with Gasteiger partial charge in [0.1, 0.15) is 11.9 Å². The summed E-state index contributed by atoms with van der Waals surface area (Å²) < 4.78 is 18.9. The number of benzene rings is 1. The molecule has 2 unspecified atom stereocenters. The van der Waals surface area contributed by atoms with Crippen LogP contribution in [0.15, 0.2) is 24.3 Å². The van der Waals surface area contributed by atoms with Gasteiger partial charge in [-0.1, -0.05) is 26.0 Å². The minimum absolute atomic E-state index is 0. The zero-order chi connectivity index (χ0) is 16.3. The van der Waals surface area contributed by atoms with Crippen LogP contribution in [0.1, 0.15) is 38.9 Å². The molecule has 2 N–H and O–H groups in total. The smallest absolute Gasteiger partial charge is 0.239 e. The molecule has 0 radical (unpaired) electrons. The third kappa shape index (κ3) is 5.44. The number of halogens is 2. The number of amides is 1. The first kappa shape index (κ1) is 19.9. The summed E-state index contributed by atoms with van der Waals surface area (Å²) in [5.74, 6) is 0.0702. The van der Waals surface area contributed by atoms with E-state index in [1.807, 2.05) is 6.92 Å². The first-order valence-electron chi connectivity index (χ1n) is 7.82. The van der Waals surface area contributed by atoms with Crippen LogP contribution in [0.25, 0.3) is 0 Å². The van der Waals surface area contributed by atoms with Crippen molar-refractivity contribution in [2.75, 3.05) is 13.1 Å². The lowest BCUT2D eigenvalue weighted by molar-refractivity contribution is -0.146. The lowest BCUT2D eigenvalue weighted by atomic mass is 10.0. The summed E-state index contributed by atoms with van der Waals surface area (Å²) in [6, 6.07) is 5.76. The molecule has 1 aliphatic rings. The van der Waals surface area contributed by atoms with Crippen molar-refractivity contribution in [2.45, 2.75) is 45.4 Å². The van der Waals surface area contributed by atoms with Gasteiger partial charge in [0.2, 0.25) is 5.91 Å². The molecule has 3 atom stereocenters. The summed E-state index contributed by atoms with van der Waals surface area (Å²) in [4.78, 5) is 14.3. The standard InChI is InChI=1S/C17H25FN2O2.ClH/c1-11(2)8-15(19)17(21)20-9-12(3)22-16(10-20)13-4-6-14(18)7-5-13;/h4-7,11-12,15-16H,8-10,19H2,1-3H3;1H/t12?,15-,16?;/m0./s1. The number of carbonyl (C=O) groups is 1. The molecule has 0 bridgehead atoms. The van der Waals surface area contributed by atoms with Crippen LogP contribution in [0.2, 0.25) is 0 Å². The van der Waals surface area contributed by atoms with E-state index in [-0.39, 0.29) is 36.3 Å². The van der Waals surface area contributed by atoms with Crippen molar-refractivity contribution in [1.29, 1.82) is 0 Å². The molecule has 1 aromatic rings. The van der Waals surface area contributed by atoms with Crippen LogP contribution in [0.4, 0.5) is 4.39 Å². The molecule has 2 rings (SSSR count). The topological polar surface area (TPSA) is 55.6 Å². The molecule has 1 amide bonds. The maximum absolute atomic E-state index is 13.0. The summed E-state index contributed by atoms with van der Waals surface area (Å²) in [5.41, 5.74) is 6.89. The van der Waals surface area contributed by atoms with Crippen molar-refractivity contribution in [3.63, 3.8) is 0 Å². The van der Waals surface area contributed by atoms with Crippen LogP contribution < -0.4 is 5.73 Å².